The van der Waals surface area contributed by atoms with Crippen LogP contribution in [0.15, 0.2) is 53.4 Å². The number of hydrogen-bond donors (Lipinski definition) is 2. The van der Waals surface area contributed by atoms with Crippen LogP contribution in [0, 0.1) is 0 Å². The molecule has 0 bridgehead atoms. The zero-order chi connectivity index (χ0) is 26.5. The second kappa shape index (κ2) is 11.2. The molecule has 36 heavy (non-hydrogen) atoms. The summed E-state index contributed by atoms with van der Waals surface area (Å²) >= 11 is 0. The SMILES string of the molecule is CC(=O)N1CCN(S(=O)(=O)c2ccc(OC(F)(F)F)cc2)[C@@H](C(=O)NCCCc2ccc(O)cc2)C1. The average Bonchev–Trinajstić information content (AvgIpc) is 2.81. The summed E-state index contributed by atoms with van der Waals surface area (Å²) in [7, 11) is -4.27. The van der Waals surface area contributed by atoms with Crippen LogP contribution in [0.4, 0.5) is 13.2 Å². The first-order chi connectivity index (χ1) is 16.9. The molecule has 1 heterocycles. The van der Waals surface area contributed by atoms with Gasteiger partial charge in [-0.25, -0.2) is 8.42 Å². The third-order valence-corrected chi connectivity index (χ3v) is 7.54. The normalized spacial score (nSPS) is 17.0. The Morgan fingerprint density at radius 3 is 2.31 bits per heavy atom. The molecular weight excluding hydrogens is 503 g/mol. The molecule has 2 aromatic rings. The van der Waals surface area contributed by atoms with Gasteiger partial charge in [0.05, 0.1) is 4.90 Å². The molecule has 1 aliphatic heterocycles. The summed E-state index contributed by atoms with van der Waals surface area (Å²) in [6.07, 6.45) is -3.76. The molecule has 1 fully saturated rings. The van der Waals surface area contributed by atoms with Crippen LogP contribution in [-0.2, 0) is 26.0 Å². The van der Waals surface area contributed by atoms with Gasteiger partial charge in [0.2, 0.25) is 21.8 Å². The van der Waals surface area contributed by atoms with Crippen molar-refractivity contribution in [2.24, 2.45) is 0 Å². The minimum Gasteiger partial charge on any atom is -0.508 e. The Labute approximate surface area is 206 Å². The first-order valence-electron chi connectivity index (χ1n) is 11.1. The predicted octanol–water partition coefficient (Wildman–Crippen LogP) is 2.26. The van der Waals surface area contributed by atoms with E-state index in [9.17, 15) is 36.3 Å². The van der Waals surface area contributed by atoms with E-state index in [1.54, 1.807) is 24.3 Å². The summed E-state index contributed by atoms with van der Waals surface area (Å²) in [5, 5.41) is 12.1. The number of halogens is 3. The highest BCUT2D eigenvalue weighted by atomic mass is 32.2. The zero-order valence-corrected chi connectivity index (χ0v) is 20.2. The largest absolute Gasteiger partial charge is 0.573 e. The van der Waals surface area contributed by atoms with Gasteiger partial charge in [0.25, 0.3) is 0 Å². The van der Waals surface area contributed by atoms with Crippen molar-refractivity contribution in [1.82, 2.24) is 14.5 Å². The molecular formula is C23H26F3N3O6S. The van der Waals surface area contributed by atoms with E-state index < -0.39 is 34.1 Å². The minimum absolute atomic E-state index is 0.0640. The number of alkyl halides is 3. The van der Waals surface area contributed by atoms with Crippen LogP contribution in [-0.4, -0.2) is 73.1 Å². The predicted molar refractivity (Wildman–Crippen MR) is 122 cm³/mol. The first-order valence-corrected chi connectivity index (χ1v) is 12.5. The van der Waals surface area contributed by atoms with E-state index >= 15 is 0 Å². The van der Waals surface area contributed by atoms with Crippen molar-refractivity contribution in [2.45, 2.75) is 37.1 Å². The van der Waals surface area contributed by atoms with Gasteiger partial charge in [-0.05, 0) is 54.8 Å². The number of piperazine rings is 1. The molecule has 1 saturated heterocycles. The maximum atomic E-state index is 13.3. The standard InChI is InChI=1S/C23H26F3N3O6S/c1-16(30)28-13-14-29(36(33,34)20-10-8-19(9-11-20)35-23(24,25)26)21(15-28)22(32)27-12-2-3-17-4-6-18(31)7-5-17/h4-11,21,31H,2-3,12-15H2,1H3,(H,27,32)/t21-/m1/s1. The van der Waals surface area contributed by atoms with Crippen molar-refractivity contribution in [3.63, 3.8) is 0 Å². The number of aromatic hydroxyl groups is 1. The number of amides is 2. The summed E-state index contributed by atoms with van der Waals surface area (Å²) in [4.78, 5) is 25.9. The van der Waals surface area contributed by atoms with Gasteiger partial charge < -0.3 is 20.1 Å². The van der Waals surface area contributed by atoms with Crippen molar-refractivity contribution in [3.8, 4) is 11.5 Å². The fourth-order valence-electron chi connectivity index (χ4n) is 3.79. The van der Waals surface area contributed by atoms with Crippen molar-refractivity contribution in [1.29, 1.82) is 0 Å². The third-order valence-electron chi connectivity index (χ3n) is 5.62. The Bertz CT molecular complexity index is 1170. The molecule has 2 amide bonds. The van der Waals surface area contributed by atoms with Crippen molar-refractivity contribution in [2.75, 3.05) is 26.2 Å². The lowest BCUT2D eigenvalue weighted by Crippen LogP contribution is -2.61. The topological polar surface area (TPSA) is 116 Å². The Morgan fingerprint density at radius 2 is 1.72 bits per heavy atom. The second-order valence-corrected chi connectivity index (χ2v) is 10.1. The lowest BCUT2D eigenvalue weighted by atomic mass is 10.1. The number of nitrogens with one attached hydrogen (secondary N) is 1. The van der Waals surface area contributed by atoms with Crippen LogP contribution in [0.1, 0.15) is 18.9 Å². The number of aryl methyl sites for hydroxylation is 1. The van der Waals surface area contributed by atoms with E-state index in [-0.39, 0.29) is 42.7 Å². The highest BCUT2D eigenvalue weighted by Gasteiger charge is 2.41. The monoisotopic (exact) mass is 529 g/mol. The van der Waals surface area contributed by atoms with Crippen LogP contribution < -0.4 is 10.1 Å². The summed E-state index contributed by atoms with van der Waals surface area (Å²) in [6, 6.07) is 9.10. The average molecular weight is 530 g/mol. The molecule has 196 valence electrons. The highest BCUT2D eigenvalue weighted by Crippen LogP contribution is 2.27. The Balaban J connectivity index is 1.71. The number of phenols is 1. The van der Waals surface area contributed by atoms with Gasteiger partial charge in [0, 0.05) is 33.1 Å². The minimum atomic E-state index is -4.92. The first kappa shape index (κ1) is 27.3. The quantitative estimate of drug-likeness (QED) is 0.507. The van der Waals surface area contributed by atoms with Gasteiger partial charge in [-0.1, -0.05) is 12.1 Å². The van der Waals surface area contributed by atoms with Crippen LogP contribution in [0.5, 0.6) is 11.5 Å². The zero-order valence-electron chi connectivity index (χ0n) is 19.4. The van der Waals surface area contributed by atoms with E-state index in [1.807, 2.05) is 0 Å². The summed E-state index contributed by atoms with van der Waals surface area (Å²) < 4.78 is 68.5. The number of sulfonamides is 1. The van der Waals surface area contributed by atoms with Gasteiger partial charge in [-0.15, -0.1) is 13.2 Å². The van der Waals surface area contributed by atoms with Crippen LogP contribution in [0.2, 0.25) is 0 Å². The van der Waals surface area contributed by atoms with Gasteiger partial charge in [0.15, 0.2) is 0 Å². The molecule has 0 unspecified atom stereocenters. The number of hydrogen-bond acceptors (Lipinski definition) is 6. The fraction of sp³-hybridized carbons (Fsp3) is 0.391. The molecule has 9 nitrogen and oxygen atoms in total. The van der Waals surface area contributed by atoms with E-state index in [1.165, 1.54) is 11.8 Å². The summed E-state index contributed by atoms with van der Waals surface area (Å²) in [5.74, 6) is -1.34. The number of carbonyl (C=O) groups is 2. The van der Waals surface area contributed by atoms with Crippen molar-refractivity contribution >= 4 is 21.8 Å². The van der Waals surface area contributed by atoms with E-state index in [0.29, 0.717) is 12.8 Å². The Hall–Kier alpha value is -3.32. The Kier molecular flexibility index (Phi) is 8.46. The molecule has 2 aromatic carbocycles. The fourth-order valence-corrected chi connectivity index (χ4v) is 5.36. The van der Waals surface area contributed by atoms with Gasteiger partial charge in [-0.2, -0.15) is 4.31 Å². The number of carbonyl (C=O) groups excluding carboxylic acids is 2. The lowest BCUT2D eigenvalue weighted by molar-refractivity contribution is -0.274. The van der Waals surface area contributed by atoms with Gasteiger partial charge >= 0.3 is 6.36 Å². The molecule has 0 radical (unpaired) electrons. The highest BCUT2D eigenvalue weighted by molar-refractivity contribution is 7.89. The molecule has 2 N–H and O–H groups in total. The van der Waals surface area contributed by atoms with Gasteiger partial charge in [-0.3, -0.25) is 9.59 Å². The van der Waals surface area contributed by atoms with E-state index in [2.05, 4.69) is 10.1 Å². The van der Waals surface area contributed by atoms with Crippen molar-refractivity contribution < 1.29 is 41.0 Å². The van der Waals surface area contributed by atoms with Crippen LogP contribution in [0.25, 0.3) is 0 Å². The second-order valence-electron chi connectivity index (χ2n) is 8.18. The maximum Gasteiger partial charge on any atom is 0.573 e. The Morgan fingerprint density at radius 1 is 1.08 bits per heavy atom. The number of ether oxygens (including phenoxy) is 1. The molecule has 13 heteroatoms. The molecule has 1 atom stereocenters. The van der Waals surface area contributed by atoms with Crippen molar-refractivity contribution in [3.05, 3.63) is 54.1 Å². The smallest absolute Gasteiger partial charge is 0.508 e. The molecule has 0 aromatic heterocycles. The number of rotatable bonds is 8. The van der Waals surface area contributed by atoms with E-state index in [4.69, 9.17) is 0 Å². The van der Waals surface area contributed by atoms with Crippen LogP contribution >= 0.6 is 0 Å². The molecule has 0 spiro atoms. The van der Waals surface area contributed by atoms with Crippen LogP contribution in [0.3, 0.4) is 0 Å². The lowest BCUT2D eigenvalue weighted by Gasteiger charge is -2.39. The summed E-state index contributed by atoms with van der Waals surface area (Å²) in [5.41, 5.74) is 0.949. The number of benzene rings is 2. The number of nitrogens with zero attached hydrogens (tertiary/aromatic N) is 2. The molecule has 1 aliphatic rings. The molecule has 3 rings (SSSR count). The maximum absolute atomic E-state index is 13.3. The van der Waals surface area contributed by atoms with E-state index in [0.717, 1.165) is 34.1 Å². The number of phenolic OH excluding ortho intramolecular Hbond substituents is 1. The molecule has 0 saturated carbocycles. The molecule has 0 aliphatic carbocycles. The van der Waals surface area contributed by atoms with Gasteiger partial charge in [0.1, 0.15) is 17.5 Å². The third kappa shape index (κ3) is 7.10. The summed E-state index contributed by atoms with van der Waals surface area (Å²) in [6.45, 7) is 1.31.